The Morgan fingerprint density at radius 2 is 2.10 bits per heavy atom. The van der Waals surface area contributed by atoms with E-state index < -0.39 is 0 Å². The molecule has 2 amide bonds. The van der Waals surface area contributed by atoms with Gasteiger partial charge in [-0.3, -0.25) is 14.6 Å². The van der Waals surface area contributed by atoms with Crippen LogP contribution in [0.4, 0.5) is 0 Å². The minimum atomic E-state index is -0.350. The molecule has 0 saturated heterocycles. The first-order valence-electron chi connectivity index (χ1n) is 6.75. The maximum absolute atomic E-state index is 12.0. The van der Waals surface area contributed by atoms with Crippen LogP contribution in [0.5, 0.6) is 0 Å². The highest BCUT2D eigenvalue weighted by molar-refractivity contribution is 5.98. The molecule has 2 rings (SSSR count). The number of aromatic nitrogens is 1. The molecule has 0 unspecified atom stereocenters. The van der Waals surface area contributed by atoms with E-state index in [2.05, 4.69) is 15.6 Å². The summed E-state index contributed by atoms with van der Waals surface area (Å²) in [5, 5.41) is 5.44. The van der Waals surface area contributed by atoms with Gasteiger partial charge >= 0.3 is 0 Å². The molecule has 2 heterocycles. The number of furan rings is 1. The fourth-order valence-electron chi connectivity index (χ4n) is 1.71. The summed E-state index contributed by atoms with van der Waals surface area (Å²) >= 11 is 0. The first-order valence-corrected chi connectivity index (χ1v) is 6.75. The molecule has 0 bridgehead atoms. The van der Waals surface area contributed by atoms with Gasteiger partial charge in [0.15, 0.2) is 0 Å². The van der Waals surface area contributed by atoms with E-state index in [9.17, 15) is 9.59 Å². The van der Waals surface area contributed by atoms with Gasteiger partial charge in [-0.2, -0.15) is 0 Å². The molecular formula is C15H17N3O3. The second-order valence-electron chi connectivity index (χ2n) is 4.45. The van der Waals surface area contributed by atoms with E-state index >= 15 is 0 Å². The van der Waals surface area contributed by atoms with Crippen LogP contribution in [-0.4, -0.2) is 23.3 Å². The molecule has 2 aromatic heterocycles. The van der Waals surface area contributed by atoms with Gasteiger partial charge in [0.25, 0.3) is 11.8 Å². The zero-order valence-electron chi connectivity index (χ0n) is 11.8. The van der Waals surface area contributed by atoms with Gasteiger partial charge in [0.2, 0.25) is 0 Å². The Bertz CT molecular complexity index is 608. The highest BCUT2D eigenvalue weighted by atomic mass is 16.3. The van der Waals surface area contributed by atoms with E-state index in [-0.39, 0.29) is 24.1 Å². The van der Waals surface area contributed by atoms with Gasteiger partial charge in [-0.25, -0.2) is 0 Å². The zero-order chi connectivity index (χ0) is 15.1. The SMILES string of the molecule is CCCNC(=O)c1ccnc(C(=O)NCc2ccco2)c1. The minimum absolute atomic E-state index is 0.200. The maximum Gasteiger partial charge on any atom is 0.270 e. The van der Waals surface area contributed by atoms with Gasteiger partial charge in [0.05, 0.1) is 12.8 Å². The first kappa shape index (κ1) is 14.8. The van der Waals surface area contributed by atoms with E-state index in [1.165, 1.54) is 12.3 Å². The molecule has 0 spiro atoms. The molecule has 0 atom stereocenters. The van der Waals surface area contributed by atoms with Crippen molar-refractivity contribution in [1.29, 1.82) is 0 Å². The molecule has 0 aliphatic heterocycles. The van der Waals surface area contributed by atoms with Gasteiger partial charge in [-0.05, 0) is 30.7 Å². The van der Waals surface area contributed by atoms with Gasteiger partial charge in [-0.15, -0.1) is 0 Å². The van der Waals surface area contributed by atoms with Gasteiger partial charge in [-0.1, -0.05) is 6.92 Å². The molecule has 0 fully saturated rings. The molecule has 2 N–H and O–H groups in total. The van der Waals surface area contributed by atoms with Gasteiger partial charge in [0, 0.05) is 18.3 Å². The smallest absolute Gasteiger partial charge is 0.270 e. The molecule has 0 saturated carbocycles. The molecule has 0 aliphatic rings. The Morgan fingerprint density at radius 3 is 2.81 bits per heavy atom. The summed E-state index contributed by atoms with van der Waals surface area (Å²) in [6.45, 7) is 2.85. The number of nitrogens with zero attached hydrogens (tertiary/aromatic N) is 1. The van der Waals surface area contributed by atoms with Gasteiger partial charge in [0.1, 0.15) is 11.5 Å². The quantitative estimate of drug-likeness (QED) is 0.847. The van der Waals surface area contributed by atoms with Crippen molar-refractivity contribution in [2.75, 3.05) is 6.54 Å². The monoisotopic (exact) mass is 287 g/mol. The van der Waals surface area contributed by atoms with Gasteiger partial charge < -0.3 is 15.1 Å². The molecule has 110 valence electrons. The van der Waals surface area contributed by atoms with Crippen molar-refractivity contribution in [3.8, 4) is 0 Å². The lowest BCUT2D eigenvalue weighted by molar-refractivity contribution is 0.0943. The Hall–Kier alpha value is -2.63. The van der Waals surface area contributed by atoms with Crippen molar-refractivity contribution in [2.45, 2.75) is 19.9 Å². The fourth-order valence-corrected chi connectivity index (χ4v) is 1.71. The van der Waals surface area contributed by atoms with Crippen LogP contribution < -0.4 is 10.6 Å². The summed E-state index contributed by atoms with van der Waals surface area (Å²) in [6.07, 6.45) is 3.84. The molecule has 6 heteroatoms. The van der Waals surface area contributed by atoms with Crippen molar-refractivity contribution in [3.63, 3.8) is 0 Å². The molecule has 21 heavy (non-hydrogen) atoms. The number of amides is 2. The van der Waals surface area contributed by atoms with Crippen molar-refractivity contribution in [1.82, 2.24) is 15.6 Å². The second-order valence-corrected chi connectivity index (χ2v) is 4.45. The van der Waals surface area contributed by atoms with Crippen molar-refractivity contribution >= 4 is 11.8 Å². The third kappa shape index (κ3) is 4.17. The second kappa shape index (κ2) is 7.23. The summed E-state index contributed by atoms with van der Waals surface area (Å²) in [4.78, 5) is 27.8. The number of carbonyl (C=O) groups is 2. The lowest BCUT2D eigenvalue weighted by Crippen LogP contribution is -2.26. The van der Waals surface area contributed by atoms with Crippen LogP contribution in [0.1, 0.15) is 40.0 Å². The molecule has 0 aromatic carbocycles. The van der Waals surface area contributed by atoms with Crippen molar-refractivity contribution in [2.24, 2.45) is 0 Å². The fraction of sp³-hybridized carbons (Fsp3) is 0.267. The maximum atomic E-state index is 12.0. The summed E-state index contributed by atoms with van der Waals surface area (Å²) < 4.78 is 5.13. The largest absolute Gasteiger partial charge is 0.467 e. The zero-order valence-corrected chi connectivity index (χ0v) is 11.8. The van der Waals surface area contributed by atoms with Crippen LogP contribution in [0.3, 0.4) is 0 Å². The highest BCUT2D eigenvalue weighted by Gasteiger charge is 2.11. The number of hydrogen-bond donors (Lipinski definition) is 2. The van der Waals surface area contributed by atoms with E-state index in [4.69, 9.17) is 4.42 Å². The molecule has 0 aliphatic carbocycles. The van der Waals surface area contributed by atoms with E-state index in [0.29, 0.717) is 17.9 Å². The van der Waals surface area contributed by atoms with Crippen molar-refractivity contribution in [3.05, 3.63) is 53.7 Å². The van der Waals surface area contributed by atoms with Crippen LogP contribution in [0, 0.1) is 0 Å². The van der Waals surface area contributed by atoms with E-state index in [1.54, 1.807) is 24.5 Å². The van der Waals surface area contributed by atoms with Crippen LogP contribution in [0.15, 0.2) is 41.1 Å². The predicted molar refractivity (Wildman–Crippen MR) is 76.7 cm³/mol. The Labute approximate surface area is 122 Å². The topological polar surface area (TPSA) is 84.2 Å². The van der Waals surface area contributed by atoms with E-state index in [1.807, 2.05) is 6.92 Å². The number of nitrogens with one attached hydrogen (secondary N) is 2. The molecule has 2 aromatic rings. The Kier molecular flexibility index (Phi) is 5.09. The third-order valence-corrected chi connectivity index (χ3v) is 2.79. The Morgan fingerprint density at radius 1 is 1.24 bits per heavy atom. The first-order chi connectivity index (χ1) is 10.2. The van der Waals surface area contributed by atoms with Crippen LogP contribution in [-0.2, 0) is 6.54 Å². The predicted octanol–water partition coefficient (Wildman–Crippen LogP) is 1.74. The number of hydrogen-bond acceptors (Lipinski definition) is 4. The normalized spacial score (nSPS) is 10.1. The number of pyridine rings is 1. The minimum Gasteiger partial charge on any atom is -0.467 e. The lowest BCUT2D eigenvalue weighted by atomic mass is 10.2. The summed E-state index contributed by atoms with van der Waals surface area (Å²) in [7, 11) is 0. The number of rotatable bonds is 6. The summed E-state index contributed by atoms with van der Waals surface area (Å²) in [5.41, 5.74) is 0.618. The standard InChI is InChI=1S/C15H17N3O3/c1-2-6-17-14(19)11-5-7-16-13(9-11)15(20)18-10-12-4-3-8-21-12/h3-5,7-9H,2,6,10H2,1H3,(H,17,19)(H,18,20). The highest BCUT2D eigenvalue weighted by Crippen LogP contribution is 2.04. The van der Waals surface area contributed by atoms with E-state index in [0.717, 1.165) is 6.42 Å². The Balaban J connectivity index is 1.99. The molecule has 0 radical (unpaired) electrons. The molecule has 6 nitrogen and oxygen atoms in total. The summed E-state index contributed by atoms with van der Waals surface area (Å²) in [6, 6.07) is 6.57. The van der Waals surface area contributed by atoms with Crippen LogP contribution >= 0.6 is 0 Å². The van der Waals surface area contributed by atoms with Crippen LogP contribution in [0.25, 0.3) is 0 Å². The van der Waals surface area contributed by atoms with Crippen molar-refractivity contribution < 1.29 is 14.0 Å². The average molecular weight is 287 g/mol. The third-order valence-electron chi connectivity index (χ3n) is 2.79. The molecular weight excluding hydrogens is 270 g/mol. The van der Waals surface area contributed by atoms with Crippen LogP contribution in [0.2, 0.25) is 0 Å². The summed E-state index contributed by atoms with van der Waals surface area (Å²) in [5.74, 6) is 0.0936. The number of carbonyl (C=O) groups excluding carboxylic acids is 2. The average Bonchev–Trinajstić information content (AvgIpc) is 3.03. The lowest BCUT2D eigenvalue weighted by Gasteiger charge is -2.06.